The van der Waals surface area contributed by atoms with Gasteiger partial charge in [-0.25, -0.2) is 14.8 Å². The molecular formula is C27H23ClN4O5. The minimum atomic E-state index is -0.750. The highest BCUT2D eigenvalue weighted by Crippen LogP contribution is 2.24. The summed E-state index contributed by atoms with van der Waals surface area (Å²) in [6.45, 7) is 0.231. The molecular weight excluding hydrogens is 496 g/mol. The standard InChI is InChI=1S/C27H23ClN4O5/c1-36-21-13-11-20(12-14-21)32-24(27(35)37-31-32)17-23(30-25(33)19-8-3-2-4-9-19)26(34)29-16-15-18-7-5-6-10-22(18)28/h2-14,17,31H,15-16H2,1H3,(H,29,34)/b24-17+,30-23?. The van der Waals surface area contributed by atoms with Gasteiger partial charge >= 0.3 is 5.97 Å². The third-order valence-electron chi connectivity index (χ3n) is 5.40. The van der Waals surface area contributed by atoms with Crippen molar-refractivity contribution in [2.75, 3.05) is 18.7 Å². The summed E-state index contributed by atoms with van der Waals surface area (Å²) >= 11 is 6.20. The highest BCUT2D eigenvalue weighted by molar-refractivity contribution is 6.45. The average Bonchev–Trinajstić information content (AvgIpc) is 3.29. The Hall–Kier alpha value is -4.47. The van der Waals surface area contributed by atoms with E-state index in [1.807, 2.05) is 18.2 Å². The van der Waals surface area contributed by atoms with Gasteiger partial charge in [-0.05, 0) is 54.4 Å². The number of hydrogen-bond acceptors (Lipinski definition) is 7. The van der Waals surface area contributed by atoms with Crippen LogP contribution in [0.15, 0.2) is 95.6 Å². The predicted molar refractivity (Wildman–Crippen MR) is 139 cm³/mol. The van der Waals surface area contributed by atoms with E-state index in [9.17, 15) is 14.4 Å². The molecule has 188 valence electrons. The Kier molecular flexibility index (Phi) is 8.29. The van der Waals surface area contributed by atoms with E-state index < -0.39 is 17.8 Å². The zero-order valence-corrected chi connectivity index (χ0v) is 20.6. The first-order valence-corrected chi connectivity index (χ1v) is 11.7. The van der Waals surface area contributed by atoms with Gasteiger partial charge in [-0.1, -0.05) is 53.6 Å². The number of nitrogens with zero attached hydrogens (tertiary/aromatic N) is 2. The summed E-state index contributed by atoms with van der Waals surface area (Å²) < 4.78 is 5.17. The molecule has 3 aromatic rings. The summed E-state index contributed by atoms with van der Waals surface area (Å²) in [6.07, 6.45) is 1.67. The first-order chi connectivity index (χ1) is 18.0. The summed E-state index contributed by atoms with van der Waals surface area (Å²) in [4.78, 5) is 47.4. The van der Waals surface area contributed by atoms with Gasteiger partial charge in [0.05, 0.1) is 12.8 Å². The van der Waals surface area contributed by atoms with E-state index in [1.54, 1.807) is 60.7 Å². The lowest BCUT2D eigenvalue weighted by atomic mass is 10.1. The molecule has 1 aliphatic heterocycles. The molecule has 9 nitrogen and oxygen atoms in total. The second kappa shape index (κ2) is 12.0. The number of ether oxygens (including phenoxy) is 1. The molecule has 1 aliphatic rings. The van der Waals surface area contributed by atoms with Gasteiger partial charge < -0.3 is 14.9 Å². The molecule has 1 saturated heterocycles. The van der Waals surface area contributed by atoms with Crippen molar-refractivity contribution in [1.82, 2.24) is 10.9 Å². The van der Waals surface area contributed by atoms with Crippen LogP contribution in [0.2, 0.25) is 5.02 Å². The van der Waals surface area contributed by atoms with Gasteiger partial charge in [-0.15, -0.1) is 0 Å². The number of anilines is 1. The minimum Gasteiger partial charge on any atom is -0.497 e. The molecule has 0 spiro atoms. The van der Waals surface area contributed by atoms with Crippen molar-refractivity contribution in [1.29, 1.82) is 0 Å². The van der Waals surface area contributed by atoms with Crippen molar-refractivity contribution < 1.29 is 24.0 Å². The van der Waals surface area contributed by atoms with Crippen molar-refractivity contribution in [3.63, 3.8) is 0 Å². The van der Waals surface area contributed by atoms with Crippen LogP contribution in [0.3, 0.4) is 0 Å². The Morgan fingerprint density at radius 2 is 1.76 bits per heavy atom. The number of amides is 2. The van der Waals surface area contributed by atoms with Crippen LogP contribution in [-0.2, 0) is 20.8 Å². The molecule has 1 heterocycles. The first kappa shape index (κ1) is 25.6. The maximum atomic E-state index is 13.1. The Balaban J connectivity index is 1.62. The topological polar surface area (TPSA) is 109 Å². The van der Waals surface area contributed by atoms with Crippen molar-refractivity contribution in [3.05, 3.63) is 107 Å². The molecule has 1 fully saturated rings. The molecule has 3 aromatic carbocycles. The highest BCUT2D eigenvalue weighted by atomic mass is 35.5. The largest absolute Gasteiger partial charge is 0.497 e. The molecule has 0 unspecified atom stereocenters. The van der Waals surface area contributed by atoms with Crippen LogP contribution in [-0.4, -0.2) is 37.1 Å². The predicted octanol–water partition coefficient (Wildman–Crippen LogP) is 3.66. The molecule has 0 aliphatic carbocycles. The lowest BCUT2D eigenvalue weighted by Crippen LogP contribution is -2.34. The summed E-state index contributed by atoms with van der Waals surface area (Å²) in [6, 6.07) is 22.4. The van der Waals surface area contributed by atoms with Crippen molar-refractivity contribution in [2.45, 2.75) is 6.42 Å². The van der Waals surface area contributed by atoms with Gasteiger partial charge in [0.15, 0.2) is 5.70 Å². The third-order valence-corrected chi connectivity index (χ3v) is 5.77. The highest BCUT2D eigenvalue weighted by Gasteiger charge is 2.30. The maximum absolute atomic E-state index is 13.1. The van der Waals surface area contributed by atoms with Gasteiger partial charge in [0.2, 0.25) is 0 Å². The molecule has 0 bridgehead atoms. The SMILES string of the molecule is COc1ccc(N2NOC(=O)/C2=C\C(=NC(=O)c2ccccc2)C(=O)NCCc2ccccc2Cl)cc1. The molecule has 0 saturated carbocycles. The van der Waals surface area contributed by atoms with E-state index in [4.69, 9.17) is 21.2 Å². The summed E-state index contributed by atoms with van der Waals surface area (Å²) in [5.41, 5.74) is 3.88. The van der Waals surface area contributed by atoms with Crippen LogP contribution >= 0.6 is 11.6 Å². The summed E-state index contributed by atoms with van der Waals surface area (Å²) in [5.74, 6) is -1.41. The van der Waals surface area contributed by atoms with Gasteiger partial charge in [-0.2, -0.15) is 0 Å². The molecule has 10 heteroatoms. The van der Waals surface area contributed by atoms with E-state index in [-0.39, 0.29) is 18.0 Å². The summed E-state index contributed by atoms with van der Waals surface area (Å²) in [7, 11) is 1.54. The second-order valence-corrected chi connectivity index (χ2v) is 8.22. The third kappa shape index (κ3) is 6.40. The molecule has 37 heavy (non-hydrogen) atoms. The quantitative estimate of drug-likeness (QED) is 0.346. The number of hydrazine groups is 1. The number of rotatable bonds is 8. The minimum absolute atomic E-state index is 0.0361. The second-order valence-electron chi connectivity index (χ2n) is 7.81. The van der Waals surface area contributed by atoms with Gasteiger partial charge in [-0.3, -0.25) is 9.59 Å². The Morgan fingerprint density at radius 3 is 2.46 bits per heavy atom. The molecule has 0 aromatic heterocycles. The Morgan fingerprint density at radius 1 is 1.05 bits per heavy atom. The molecule has 0 atom stereocenters. The van der Waals surface area contributed by atoms with Crippen LogP contribution < -0.4 is 20.7 Å². The number of benzene rings is 3. The van der Waals surface area contributed by atoms with Crippen LogP contribution in [0.5, 0.6) is 5.75 Å². The number of carbonyl (C=O) groups excluding carboxylic acids is 3. The maximum Gasteiger partial charge on any atom is 0.376 e. The van der Waals surface area contributed by atoms with E-state index in [2.05, 4.69) is 15.9 Å². The van der Waals surface area contributed by atoms with Crippen LogP contribution in [0.25, 0.3) is 0 Å². The fourth-order valence-electron chi connectivity index (χ4n) is 3.46. The van der Waals surface area contributed by atoms with E-state index in [0.717, 1.165) is 5.56 Å². The van der Waals surface area contributed by atoms with E-state index in [0.29, 0.717) is 28.4 Å². The van der Waals surface area contributed by atoms with Gasteiger partial charge in [0, 0.05) is 23.2 Å². The van der Waals surface area contributed by atoms with Crippen molar-refractivity contribution in [3.8, 4) is 5.75 Å². The van der Waals surface area contributed by atoms with Gasteiger partial charge in [0.25, 0.3) is 11.8 Å². The fourth-order valence-corrected chi connectivity index (χ4v) is 3.69. The number of aliphatic imine (C=N–C) groups is 1. The lowest BCUT2D eigenvalue weighted by molar-refractivity contribution is -0.140. The van der Waals surface area contributed by atoms with Crippen LogP contribution in [0.1, 0.15) is 15.9 Å². The molecule has 2 amide bonds. The zero-order chi connectivity index (χ0) is 26.2. The van der Waals surface area contributed by atoms with Crippen molar-refractivity contribution >= 4 is 40.8 Å². The lowest BCUT2D eigenvalue weighted by Gasteiger charge is -2.16. The zero-order valence-electron chi connectivity index (χ0n) is 19.8. The normalized spacial score (nSPS) is 14.4. The van der Waals surface area contributed by atoms with E-state index >= 15 is 0 Å². The Bertz CT molecular complexity index is 1360. The van der Waals surface area contributed by atoms with Crippen LogP contribution in [0.4, 0.5) is 5.69 Å². The summed E-state index contributed by atoms with van der Waals surface area (Å²) in [5, 5.41) is 4.66. The monoisotopic (exact) mass is 518 g/mol. The smallest absolute Gasteiger partial charge is 0.376 e. The average molecular weight is 519 g/mol. The molecule has 2 N–H and O–H groups in total. The number of methoxy groups -OCH3 is 1. The van der Waals surface area contributed by atoms with Crippen molar-refractivity contribution in [2.24, 2.45) is 4.99 Å². The fraction of sp³-hybridized carbons (Fsp3) is 0.111. The van der Waals surface area contributed by atoms with Crippen LogP contribution in [0, 0.1) is 0 Å². The first-order valence-electron chi connectivity index (χ1n) is 11.3. The number of hydrogen-bond donors (Lipinski definition) is 2. The van der Waals surface area contributed by atoms with Gasteiger partial charge in [0.1, 0.15) is 11.5 Å². The Labute approximate surface area is 218 Å². The number of carbonyl (C=O) groups is 3. The van der Waals surface area contributed by atoms with E-state index in [1.165, 1.54) is 18.2 Å². The number of nitrogens with one attached hydrogen (secondary N) is 2. The number of halogens is 1. The molecule has 4 rings (SSSR count). The molecule has 0 radical (unpaired) electrons.